The smallest absolute Gasteiger partial charge is 0.258 e. The molecule has 0 N–H and O–H groups in total. The fraction of sp³-hybridized carbons (Fsp3) is 0.160. The van der Waals surface area contributed by atoms with E-state index in [9.17, 15) is 9.00 Å². The summed E-state index contributed by atoms with van der Waals surface area (Å²) in [6, 6.07) is 18.4. The van der Waals surface area contributed by atoms with Crippen molar-refractivity contribution in [1.29, 1.82) is 0 Å². The van der Waals surface area contributed by atoms with E-state index < -0.39 is 10.8 Å². The Morgan fingerprint density at radius 1 is 1.03 bits per heavy atom. The molecule has 0 spiro atoms. The second kappa shape index (κ2) is 9.28. The molecule has 0 radical (unpaired) electrons. The van der Waals surface area contributed by atoms with Crippen LogP contribution < -0.4 is 4.90 Å². The number of carbonyl (C=O) groups excluding carboxylic acids is 1. The summed E-state index contributed by atoms with van der Waals surface area (Å²) in [6.07, 6.45) is 3.31. The number of oxazole rings is 1. The first-order chi connectivity index (χ1) is 15.4. The van der Waals surface area contributed by atoms with Crippen molar-refractivity contribution in [2.45, 2.75) is 24.5 Å². The minimum absolute atomic E-state index is 0.137. The standard InChI is InChI=1S/C25H23N3O3S/c1-17-6-12-22(13-7-17)32(30)16-23-18(2)31-24(27-23)19-8-10-20(11-9-19)25(29)28(3)21-5-4-14-26-15-21/h4-15H,16H2,1-3H3. The molecule has 32 heavy (non-hydrogen) atoms. The average Bonchev–Trinajstić information content (AvgIpc) is 3.19. The Morgan fingerprint density at radius 3 is 2.41 bits per heavy atom. The van der Waals surface area contributed by atoms with E-state index in [1.54, 1.807) is 54.7 Å². The summed E-state index contributed by atoms with van der Waals surface area (Å²) in [5.41, 5.74) is 3.80. The third-order valence-corrected chi connectivity index (χ3v) is 6.49. The van der Waals surface area contributed by atoms with Crippen molar-refractivity contribution in [1.82, 2.24) is 9.97 Å². The van der Waals surface area contributed by atoms with Crippen LogP contribution in [0.15, 0.2) is 82.4 Å². The number of amides is 1. The van der Waals surface area contributed by atoms with Crippen molar-refractivity contribution in [3.05, 3.63) is 95.6 Å². The Morgan fingerprint density at radius 2 is 1.75 bits per heavy atom. The van der Waals surface area contributed by atoms with Crippen LogP contribution in [-0.2, 0) is 16.6 Å². The molecule has 0 saturated carbocycles. The van der Waals surface area contributed by atoms with Gasteiger partial charge in [-0.2, -0.15) is 0 Å². The van der Waals surface area contributed by atoms with E-state index in [0.717, 1.165) is 21.7 Å². The van der Waals surface area contributed by atoms with Gasteiger partial charge in [0.2, 0.25) is 5.89 Å². The van der Waals surface area contributed by atoms with Crippen LogP contribution in [0.2, 0.25) is 0 Å². The van der Waals surface area contributed by atoms with Crippen molar-refractivity contribution < 1.29 is 13.4 Å². The number of aromatic nitrogens is 2. The van der Waals surface area contributed by atoms with E-state index in [2.05, 4.69) is 9.97 Å². The first kappa shape index (κ1) is 21.6. The summed E-state index contributed by atoms with van der Waals surface area (Å²) < 4.78 is 18.5. The van der Waals surface area contributed by atoms with E-state index in [4.69, 9.17) is 4.42 Å². The first-order valence-corrected chi connectivity index (χ1v) is 11.4. The highest BCUT2D eigenvalue weighted by atomic mass is 32.2. The third kappa shape index (κ3) is 4.68. The van der Waals surface area contributed by atoms with Gasteiger partial charge in [-0.05, 0) is 62.4 Å². The van der Waals surface area contributed by atoms with Crippen LogP contribution in [0.3, 0.4) is 0 Å². The van der Waals surface area contributed by atoms with Crippen LogP contribution in [0.5, 0.6) is 0 Å². The van der Waals surface area contributed by atoms with Gasteiger partial charge in [0.25, 0.3) is 5.91 Å². The average molecular weight is 446 g/mol. The van der Waals surface area contributed by atoms with E-state index in [-0.39, 0.29) is 11.7 Å². The van der Waals surface area contributed by atoms with Crippen LogP contribution >= 0.6 is 0 Å². The van der Waals surface area contributed by atoms with E-state index in [0.29, 0.717) is 22.9 Å². The second-order valence-electron chi connectivity index (χ2n) is 7.48. The van der Waals surface area contributed by atoms with Gasteiger partial charge in [-0.1, -0.05) is 17.7 Å². The normalized spacial score (nSPS) is 11.8. The maximum atomic E-state index is 12.8. The third-order valence-electron chi connectivity index (χ3n) is 5.16. The van der Waals surface area contributed by atoms with Crippen molar-refractivity contribution in [2.24, 2.45) is 0 Å². The van der Waals surface area contributed by atoms with Crippen LogP contribution in [0.1, 0.15) is 27.4 Å². The van der Waals surface area contributed by atoms with Crippen LogP contribution in [-0.4, -0.2) is 27.1 Å². The van der Waals surface area contributed by atoms with E-state index in [1.165, 1.54) is 0 Å². The number of nitrogens with zero attached hydrogens (tertiary/aromatic N) is 3. The summed E-state index contributed by atoms with van der Waals surface area (Å²) in [5.74, 6) is 1.22. The van der Waals surface area contributed by atoms with Gasteiger partial charge in [0, 0.05) is 29.3 Å². The van der Waals surface area contributed by atoms with Gasteiger partial charge in [-0.25, -0.2) is 4.98 Å². The maximum Gasteiger partial charge on any atom is 0.258 e. The van der Waals surface area contributed by atoms with E-state index in [1.807, 2.05) is 44.2 Å². The fourth-order valence-corrected chi connectivity index (χ4v) is 4.32. The topological polar surface area (TPSA) is 76.3 Å². The molecule has 1 atom stereocenters. The van der Waals surface area contributed by atoms with Gasteiger partial charge in [0.15, 0.2) is 0 Å². The van der Waals surface area contributed by atoms with Crippen molar-refractivity contribution >= 4 is 22.4 Å². The number of benzene rings is 2. The lowest BCUT2D eigenvalue weighted by Crippen LogP contribution is -2.26. The van der Waals surface area contributed by atoms with Crippen molar-refractivity contribution in [2.75, 3.05) is 11.9 Å². The molecule has 4 aromatic rings. The number of aryl methyl sites for hydroxylation is 2. The Bertz CT molecular complexity index is 1250. The molecule has 2 heterocycles. The zero-order chi connectivity index (χ0) is 22.7. The largest absolute Gasteiger partial charge is 0.441 e. The number of hydrogen-bond acceptors (Lipinski definition) is 5. The molecular weight excluding hydrogens is 422 g/mol. The van der Waals surface area contributed by atoms with Crippen LogP contribution in [0.25, 0.3) is 11.5 Å². The number of pyridine rings is 1. The summed E-state index contributed by atoms with van der Waals surface area (Å²) in [6.45, 7) is 3.81. The quantitative estimate of drug-likeness (QED) is 0.420. The Kier molecular flexibility index (Phi) is 6.28. The van der Waals surface area contributed by atoms with Gasteiger partial charge in [0.05, 0.1) is 34.1 Å². The molecule has 0 aliphatic rings. The number of hydrogen-bond donors (Lipinski definition) is 0. The minimum Gasteiger partial charge on any atom is -0.441 e. The van der Waals surface area contributed by atoms with Gasteiger partial charge in [-0.15, -0.1) is 0 Å². The SMILES string of the molecule is Cc1ccc(S(=O)Cc2nc(-c3ccc(C(=O)N(C)c4cccnc4)cc3)oc2C)cc1. The fourth-order valence-electron chi connectivity index (χ4n) is 3.20. The molecule has 7 heteroatoms. The maximum absolute atomic E-state index is 12.8. The highest BCUT2D eigenvalue weighted by Crippen LogP contribution is 2.25. The molecule has 0 bridgehead atoms. The Labute approximate surface area is 189 Å². The molecule has 0 aliphatic heterocycles. The van der Waals surface area contributed by atoms with Crippen LogP contribution in [0, 0.1) is 13.8 Å². The minimum atomic E-state index is -1.21. The lowest BCUT2D eigenvalue weighted by Gasteiger charge is -2.16. The molecule has 4 rings (SSSR count). The van der Waals surface area contributed by atoms with Gasteiger partial charge in [0.1, 0.15) is 5.76 Å². The van der Waals surface area contributed by atoms with Gasteiger partial charge >= 0.3 is 0 Å². The van der Waals surface area contributed by atoms with Crippen molar-refractivity contribution in [3.8, 4) is 11.5 Å². The molecule has 0 aliphatic carbocycles. The highest BCUT2D eigenvalue weighted by molar-refractivity contribution is 7.84. The second-order valence-corrected chi connectivity index (χ2v) is 8.93. The number of anilines is 1. The highest BCUT2D eigenvalue weighted by Gasteiger charge is 2.17. The summed E-state index contributed by atoms with van der Waals surface area (Å²) in [7, 11) is 0.506. The molecule has 0 saturated heterocycles. The molecule has 0 fully saturated rings. The zero-order valence-electron chi connectivity index (χ0n) is 18.1. The van der Waals surface area contributed by atoms with Gasteiger partial charge in [-0.3, -0.25) is 14.0 Å². The first-order valence-electron chi connectivity index (χ1n) is 10.1. The zero-order valence-corrected chi connectivity index (χ0v) is 18.9. The van der Waals surface area contributed by atoms with E-state index >= 15 is 0 Å². The predicted octanol–water partition coefficient (Wildman–Crippen LogP) is 4.94. The summed E-state index contributed by atoms with van der Waals surface area (Å²) in [4.78, 5) is 23.7. The summed E-state index contributed by atoms with van der Waals surface area (Å²) in [5, 5.41) is 0. The molecular formula is C25H23N3O3S. The van der Waals surface area contributed by atoms with Crippen LogP contribution in [0.4, 0.5) is 5.69 Å². The van der Waals surface area contributed by atoms with Crippen molar-refractivity contribution in [3.63, 3.8) is 0 Å². The van der Waals surface area contributed by atoms with Gasteiger partial charge < -0.3 is 9.32 Å². The molecule has 162 valence electrons. The number of carbonyl (C=O) groups is 1. The molecule has 1 unspecified atom stereocenters. The molecule has 1 amide bonds. The predicted molar refractivity (Wildman–Crippen MR) is 125 cm³/mol. The number of rotatable bonds is 6. The Hall–Kier alpha value is -3.58. The molecule has 2 aromatic heterocycles. The molecule has 6 nitrogen and oxygen atoms in total. The lowest BCUT2D eigenvalue weighted by atomic mass is 10.1. The Balaban J connectivity index is 1.49. The lowest BCUT2D eigenvalue weighted by molar-refractivity contribution is 0.0993. The molecule has 2 aromatic carbocycles. The summed E-state index contributed by atoms with van der Waals surface area (Å²) >= 11 is 0. The monoisotopic (exact) mass is 445 g/mol.